The van der Waals surface area contributed by atoms with Gasteiger partial charge in [-0.25, -0.2) is 9.37 Å². The molecule has 0 aliphatic rings. The standard InChI is InChI=1S/C17H15FN2O2/c1-11-6-7-16-19-9-15(20(16)10-11)13(8-17(21)22)12-4-2-3-5-14(12)18/h2-7,9-10,13H,8H2,1H3,(H,21,22). The van der Waals surface area contributed by atoms with Crippen molar-refractivity contribution in [1.82, 2.24) is 9.38 Å². The number of carbonyl (C=O) groups is 1. The van der Waals surface area contributed by atoms with Gasteiger partial charge in [-0.1, -0.05) is 24.3 Å². The van der Waals surface area contributed by atoms with E-state index in [4.69, 9.17) is 0 Å². The van der Waals surface area contributed by atoms with Crippen LogP contribution in [0.3, 0.4) is 0 Å². The van der Waals surface area contributed by atoms with E-state index in [2.05, 4.69) is 4.98 Å². The number of nitrogens with zero attached hydrogens (tertiary/aromatic N) is 2. The van der Waals surface area contributed by atoms with Gasteiger partial charge in [-0.15, -0.1) is 0 Å². The molecule has 1 aromatic carbocycles. The van der Waals surface area contributed by atoms with Crippen molar-refractivity contribution in [2.75, 3.05) is 0 Å². The van der Waals surface area contributed by atoms with Crippen LogP contribution in [0, 0.1) is 12.7 Å². The highest BCUT2D eigenvalue weighted by atomic mass is 19.1. The summed E-state index contributed by atoms with van der Waals surface area (Å²) in [5, 5.41) is 9.21. The van der Waals surface area contributed by atoms with Gasteiger partial charge < -0.3 is 9.51 Å². The van der Waals surface area contributed by atoms with Gasteiger partial charge in [0.2, 0.25) is 0 Å². The number of carboxylic acids is 1. The summed E-state index contributed by atoms with van der Waals surface area (Å²) in [4.78, 5) is 15.5. The lowest BCUT2D eigenvalue weighted by atomic mass is 9.92. The van der Waals surface area contributed by atoms with Crippen molar-refractivity contribution in [3.63, 3.8) is 0 Å². The Morgan fingerprint density at radius 1 is 1.32 bits per heavy atom. The molecule has 3 aromatic rings. The topological polar surface area (TPSA) is 54.6 Å². The highest BCUT2D eigenvalue weighted by Gasteiger charge is 2.24. The minimum Gasteiger partial charge on any atom is -0.481 e. The molecule has 0 radical (unpaired) electrons. The second-order valence-electron chi connectivity index (χ2n) is 5.29. The fraction of sp³-hybridized carbons (Fsp3) is 0.176. The molecule has 0 amide bonds. The number of aryl methyl sites for hydroxylation is 1. The van der Waals surface area contributed by atoms with Crippen LogP contribution >= 0.6 is 0 Å². The van der Waals surface area contributed by atoms with E-state index in [9.17, 15) is 14.3 Å². The molecule has 1 unspecified atom stereocenters. The zero-order valence-corrected chi connectivity index (χ0v) is 12.0. The van der Waals surface area contributed by atoms with Crippen LogP contribution in [0.2, 0.25) is 0 Å². The highest BCUT2D eigenvalue weighted by molar-refractivity contribution is 5.69. The van der Waals surface area contributed by atoms with E-state index in [1.165, 1.54) is 6.07 Å². The average molecular weight is 298 g/mol. The molecule has 0 fully saturated rings. The summed E-state index contributed by atoms with van der Waals surface area (Å²) >= 11 is 0. The van der Waals surface area contributed by atoms with Gasteiger partial charge in [0.15, 0.2) is 0 Å². The lowest BCUT2D eigenvalue weighted by Crippen LogP contribution is -2.11. The molecule has 22 heavy (non-hydrogen) atoms. The summed E-state index contributed by atoms with van der Waals surface area (Å²) in [5.41, 5.74) is 2.78. The van der Waals surface area contributed by atoms with Gasteiger partial charge in [0.05, 0.1) is 12.1 Å². The number of fused-ring (bicyclic) bond motifs is 1. The number of pyridine rings is 1. The zero-order chi connectivity index (χ0) is 15.7. The third-order valence-electron chi connectivity index (χ3n) is 3.70. The van der Waals surface area contributed by atoms with Crippen molar-refractivity contribution in [2.45, 2.75) is 19.3 Å². The normalized spacial score (nSPS) is 12.5. The van der Waals surface area contributed by atoms with Gasteiger partial charge in [0, 0.05) is 18.3 Å². The first-order chi connectivity index (χ1) is 10.6. The Morgan fingerprint density at radius 2 is 2.09 bits per heavy atom. The lowest BCUT2D eigenvalue weighted by molar-refractivity contribution is -0.137. The molecule has 4 nitrogen and oxygen atoms in total. The Kier molecular flexibility index (Phi) is 3.63. The minimum atomic E-state index is -0.976. The van der Waals surface area contributed by atoms with Gasteiger partial charge in [-0.2, -0.15) is 0 Å². The quantitative estimate of drug-likeness (QED) is 0.803. The van der Waals surface area contributed by atoms with Crippen molar-refractivity contribution >= 4 is 11.6 Å². The van der Waals surface area contributed by atoms with Gasteiger partial charge in [0.1, 0.15) is 11.5 Å². The molecular formula is C17H15FN2O2. The van der Waals surface area contributed by atoms with E-state index in [1.54, 1.807) is 24.4 Å². The van der Waals surface area contributed by atoms with Crippen LogP contribution < -0.4 is 0 Å². The van der Waals surface area contributed by atoms with E-state index < -0.39 is 17.7 Å². The number of imidazole rings is 1. The lowest BCUT2D eigenvalue weighted by Gasteiger charge is -2.16. The molecule has 1 atom stereocenters. The van der Waals surface area contributed by atoms with Crippen LogP contribution in [-0.4, -0.2) is 20.5 Å². The van der Waals surface area contributed by atoms with Crippen molar-refractivity contribution in [3.05, 3.63) is 71.4 Å². The van der Waals surface area contributed by atoms with E-state index >= 15 is 0 Å². The van der Waals surface area contributed by atoms with E-state index in [0.717, 1.165) is 5.56 Å². The monoisotopic (exact) mass is 298 g/mol. The molecule has 0 bridgehead atoms. The number of halogens is 1. The molecule has 1 N–H and O–H groups in total. The zero-order valence-electron chi connectivity index (χ0n) is 12.0. The summed E-state index contributed by atoms with van der Waals surface area (Å²) in [6.07, 6.45) is 3.31. The predicted octanol–water partition coefficient (Wildman–Crippen LogP) is 3.39. The van der Waals surface area contributed by atoms with Gasteiger partial charge >= 0.3 is 5.97 Å². The Labute approximate surface area is 126 Å². The first-order valence-corrected chi connectivity index (χ1v) is 6.96. The fourth-order valence-corrected chi connectivity index (χ4v) is 2.67. The molecular weight excluding hydrogens is 283 g/mol. The maximum Gasteiger partial charge on any atom is 0.304 e. The SMILES string of the molecule is Cc1ccc2ncc(C(CC(=O)O)c3ccccc3F)n2c1. The second-order valence-corrected chi connectivity index (χ2v) is 5.29. The minimum absolute atomic E-state index is 0.192. The number of benzene rings is 1. The maximum absolute atomic E-state index is 14.1. The fourth-order valence-electron chi connectivity index (χ4n) is 2.67. The van der Waals surface area contributed by atoms with Crippen LogP contribution in [-0.2, 0) is 4.79 Å². The van der Waals surface area contributed by atoms with Gasteiger partial charge in [-0.3, -0.25) is 4.79 Å². The Bertz CT molecular complexity index is 842. The van der Waals surface area contributed by atoms with Crippen LogP contribution in [0.4, 0.5) is 4.39 Å². The summed E-state index contributed by atoms with van der Waals surface area (Å²) in [6, 6.07) is 10.1. The number of rotatable bonds is 4. The van der Waals surface area contributed by atoms with Crippen LogP contribution in [0.5, 0.6) is 0 Å². The second kappa shape index (κ2) is 5.60. The first-order valence-electron chi connectivity index (χ1n) is 6.96. The molecule has 5 heteroatoms. The molecule has 112 valence electrons. The third-order valence-corrected chi connectivity index (χ3v) is 3.70. The summed E-state index contributed by atoms with van der Waals surface area (Å²) < 4.78 is 16.0. The number of aromatic nitrogens is 2. The average Bonchev–Trinajstić information content (AvgIpc) is 2.88. The largest absolute Gasteiger partial charge is 0.481 e. The van der Waals surface area contributed by atoms with Crippen molar-refractivity contribution in [3.8, 4) is 0 Å². The van der Waals surface area contributed by atoms with Crippen molar-refractivity contribution in [2.24, 2.45) is 0 Å². The third kappa shape index (κ3) is 2.57. The first kappa shape index (κ1) is 14.3. The summed E-state index contributed by atoms with van der Waals surface area (Å²) in [5.74, 6) is -1.97. The van der Waals surface area contributed by atoms with Crippen LogP contribution in [0.15, 0.2) is 48.8 Å². The highest BCUT2D eigenvalue weighted by Crippen LogP contribution is 2.30. The maximum atomic E-state index is 14.1. The van der Waals surface area contributed by atoms with Gasteiger partial charge in [0.25, 0.3) is 0 Å². The van der Waals surface area contributed by atoms with E-state index in [-0.39, 0.29) is 6.42 Å². The van der Waals surface area contributed by atoms with Crippen molar-refractivity contribution in [1.29, 1.82) is 0 Å². The Morgan fingerprint density at radius 3 is 2.82 bits per heavy atom. The number of aliphatic carboxylic acids is 1. The molecule has 0 saturated carbocycles. The molecule has 2 aromatic heterocycles. The molecule has 0 aliphatic heterocycles. The van der Waals surface area contributed by atoms with E-state index in [1.807, 2.05) is 29.7 Å². The molecule has 0 spiro atoms. The molecule has 2 heterocycles. The molecule has 0 saturated heterocycles. The summed E-state index contributed by atoms with van der Waals surface area (Å²) in [7, 11) is 0. The summed E-state index contributed by atoms with van der Waals surface area (Å²) in [6.45, 7) is 1.94. The number of hydrogen-bond donors (Lipinski definition) is 1. The van der Waals surface area contributed by atoms with Crippen LogP contribution in [0.25, 0.3) is 5.65 Å². The molecule has 0 aliphatic carbocycles. The van der Waals surface area contributed by atoms with E-state index in [0.29, 0.717) is 16.9 Å². The van der Waals surface area contributed by atoms with Crippen molar-refractivity contribution < 1.29 is 14.3 Å². The number of carboxylic acid groups (broad SMARTS) is 1. The number of hydrogen-bond acceptors (Lipinski definition) is 2. The Balaban J connectivity index is 2.18. The smallest absolute Gasteiger partial charge is 0.304 e. The molecule has 3 rings (SSSR count). The van der Waals surface area contributed by atoms with Gasteiger partial charge in [-0.05, 0) is 30.2 Å². The predicted molar refractivity (Wildman–Crippen MR) is 80.4 cm³/mol. The Hall–Kier alpha value is -2.69. The van der Waals surface area contributed by atoms with Crippen LogP contribution in [0.1, 0.15) is 29.2 Å².